The molecule has 2 aliphatic rings. The molecule has 2 aliphatic heterocycles. The van der Waals surface area contributed by atoms with Crippen LogP contribution in [0.4, 0.5) is 5.82 Å². The summed E-state index contributed by atoms with van der Waals surface area (Å²) in [5, 5.41) is 0. The van der Waals surface area contributed by atoms with Crippen molar-refractivity contribution in [3.63, 3.8) is 0 Å². The van der Waals surface area contributed by atoms with E-state index in [0.717, 1.165) is 64.8 Å². The van der Waals surface area contributed by atoms with Gasteiger partial charge in [-0.1, -0.05) is 13.3 Å². The topological polar surface area (TPSA) is 56.8 Å². The van der Waals surface area contributed by atoms with Gasteiger partial charge in [0, 0.05) is 38.9 Å². The maximum Gasteiger partial charge on any atom is 0.246 e. The molecule has 0 amide bonds. The van der Waals surface area contributed by atoms with Gasteiger partial charge in [-0.3, -0.25) is 0 Å². The smallest absolute Gasteiger partial charge is 0.246 e. The van der Waals surface area contributed by atoms with Crippen LogP contribution >= 0.6 is 0 Å². The molecule has 2 saturated heterocycles. The third kappa shape index (κ3) is 4.33. The number of hydrogen-bond acceptors (Lipinski definition) is 5. The van der Waals surface area contributed by atoms with E-state index in [0.29, 0.717) is 23.8 Å². The molecule has 1 aromatic heterocycles. The van der Waals surface area contributed by atoms with E-state index < -0.39 is 10.0 Å². The number of anilines is 1. The molecule has 7 heteroatoms. The first-order valence-electron chi connectivity index (χ1n) is 9.55. The number of hydrogen-bond donors (Lipinski definition) is 0. The second-order valence-electron chi connectivity index (χ2n) is 6.97. The standard InChI is InChI=1S/C18H30N4O2S/c1-2-10-20-11-7-12-21(16-15-20)18-17(8-6-9-19-18)25(23,24)22-13-4-3-5-14-22/h6,8-9H,2-5,7,10-16H2,1H3. The molecular weight excluding hydrogens is 336 g/mol. The highest BCUT2D eigenvalue weighted by Crippen LogP contribution is 2.28. The molecule has 6 nitrogen and oxygen atoms in total. The highest BCUT2D eigenvalue weighted by atomic mass is 32.2. The Balaban J connectivity index is 1.83. The van der Waals surface area contributed by atoms with Crippen LogP contribution in [0.25, 0.3) is 0 Å². The number of piperidine rings is 1. The molecule has 0 radical (unpaired) electrons. The molecule has 3 rings (SSSR count). The zero-order chi connectivity index (χ0) is 17.7. The van der Waals surface area contributed by atoms with E-state index in [4.69, 9.17) is 0 Å². The summed E-state index contributed by atoms with van der Waals surface area (Å²) < 4.78 is 27.9. The van der Waals surface area contributed by atoms with Gasteiger partial charge in [0.05, 0.1) is 0 Å². The van der Waals surface area contributed by atoms with Crippen molar-refractivity contribution < 1.29 is 8.42 Å². The molecule has 0 aromatic carbocycles. The Kier molecular flexibility index (Phi) is 6.30. The van der Waals surface area contributed by atoms with Gasteiger partial charge in [-0.25, -0.2) is 13.4 Å². The minimum atomic E-state index is -3.46. The van der Waals surface area contributed by atoms with Crippen molar-refractivity contribution in [2.75, 3.05) is 50.7 Å². The summed E-state index contributed by atoms with van der Waals surface area (Å²) in [5.41, 5.74) is 0. The lowest BCUT2D eigenvalue weighted by Gasteiger charge is -2.29. The largest absolute Gasteiger partial charge is 0.354 e. The summed E-state index contributed by atoms with van der Waals surface area (Å²) >= 11 is 0. The second kappa shape index (κ2) is 8.47. The minimum absolute atomic E-state index is 0.376. The predicted octanol–water partition coefficient (Wildman–Crippen LogP) is 2.18. The van der Waals surface area contributed by atoms with E-state index in [9.17, 15) is 8.42 Å². The Labute approximate surface area is 151 Å². The molecule has 0 bridgehead atoms. The summed E-state index contributed by atoms with van der Waals surface area (Å²) in [6.45, 7) is 8.29. The van der Waals surface area contributed by atoms with Crippen LogP contribution in [0.5, 0.6) is 0 Å². The van der Waals surface area contributed by atoms with Crippen LogP contribution in [0.3, 0.4) is 0 Å². The Bertz CT molecular complexity index is 659. The monoisotopic (exact) mass is 366 g/mol. The lowest BCUT2D eigenvalue weighted by atomic mass is 10.2. The molecular formula is C18H30N4O2S. The number of nitrogens with zero attached hydrogens (tertiary/aromatic N) is 4. The van der Waals surface area contributed by atoms with E-state index in [1.165, 1.54) is 0 Å². The van der Waals surface area contributed by atoms with Crippen LogP contribution in [0, 0.1) is 0 Å². The Morgan fingerprint density at radius 2 is 1.80 bits per heavy atom. The molecule has 0 unspecified atom stereocenters. The molecule has 0 aliphatic carbocycles. The Hall–Kier alpha value is -1.18. The summed E-state index contributed by atoms with van der Waals surface area (Å²) in [5.74, 6) is 0.631. The Morgan fingerprint density at radius 1 is 1.00 bits per heavy atom. The molecule has 0 N–H and O–H groups in total. The first-order valence-corrected chi connectivity index (χ1v) is 11.0. The van der Waals surface area contributed by atoms with Gasteiger partial charge in [0.1, 0.15) is 10.7 Å². The van der Waals surface area contributed by atoms with E-state index in [2.05, 4.69) is 21.7 Å². The van der Waals surface area contributed by atoms with Crippen molar-refractivity contribution in [2.45, 2.75) is 43.9 Å². The summed E-state index contributed by atoms with van der Waals surface area (Å²) in [7, 11) is -3.46. The third-order valence-electron chi connectivity index (χ3n) is 5.11. The number of aromatic nitrogens is 1. The third-order valence-corrected chi connectivity index (χ3v) is 7.03. The van der Waals surface area contributed by atoms with Crippen molar-refractivity contribution in [3.05, 3.63) is 18.3 Å². The van der Waals surface area contributed by atoms with Gasteiger partial charge >= 0.3 is 0 Å². The first kappa shape index (κ1) is 18.6. The fourth-order valence-electron chi connectivity index (χ4n) is 3.79. The van der Waals surface area contributed by atoms with Gasteiger partial charge in [-0.15, -0.1) is 0 Å². The maximum atomic E-state index is 13.2. The van der Waals surface area contributed by atoms with Gasteiger partial charge in [0.25, 0.3) is 0 Å². The summed E-state index contributed by atoms with van der Waals surface area (Å²) in [6.07, 6.45) is 6.91. The number of sulfonamides is 1. The lowest BCUT2D eigenvalue weighted by Crippen LogP contribution is -2.37. The predicted molar refractivity (Wildman–Crippen MR) is 100 cm³/mol. The zero-order valence-electron chi connectivity index (χ0n) is 15.2. The van der Waals surface area contributed by atoms with Crippen molar-refractivity contribution >= 4 is 15.8 Å². The quantitative estimate of drug-likeness (QED) is 0.799. The van der Waals surface area contributed by atoms with Crippen LogP contribution < -0.4 is 4.90 Å². The average molecular weight is 367 g/mol. The summed E-state index contributed by atoms with van der Waals surface area (Å²) in [4.78, 5) is 9.47. The van der Waals surface area contributed by atoms with Crippen molar-refractivity contribution in [2.24, 2.45) is 0 Å². The van der Waals surface area contributed by atoms with E-state index in [-0.39, 0.29) is 0 Å². The van der Waals surface area contributed by atoms with Crippen molar-refractivity contribution in [1.29, 1.82) is 0 Å². The molecule has 140 valence electrons. The van der Waals surface area contributed by atoms with Gasteiger partial charge < -0.3 is 9.80 Å². The van der Waals surface area contributed by atoms with Crippen LogP contribution in [-0.2, 0) is 10.0 Å². The highest BCUT2D eigenvalue weighted by Gasteiger charge is 2.30. The molecule has 0 saturated carbocycles. The second-order valence-corrected chi connectivity index (χ2v) is 8.88. The van der Waals surface area contributed by atoms with Gasteiger partial charge in [-0.2, -0.15) is 4.31 Å². The van der Waals surface area contributed by atoms with Crippen molar-refractivity contribution in [1.82, 2.24) is 14.2 Å². The zero-order valence-corrected chi connectivity index (χ0v) is 16.0. The van der Waals surface area contributed by atoms with Crippen LogP contribution in [0.15, 0.2) is 23.2 Å². The number of pyridine rings is 1. The fourth-order valence-corrected chi connectivity index (χ4v) is 5.47. The van der Waals surface area contributed by atoms with E-state index in [1.807, 2.05) is 0 Å². The maximum absolute atomic E-state index is 13.2. The molecule has 1 aromatic rings. The van der Waals surface area contributed by atoms with Crippen LogP contribution in [0.1, 0.15) is 39.0 Å². The van der Waals surface area contributed by atoms with Gasteiger partial charge in [0.2, 0.25) is 10.0 Å². The highest BCUT2D eigenvalue weighted by molar-refractivity contribution is 7.89. The lowest BCUT2D eigenvalue weighted by molar-refractivity contribution is 0.294. The molecule has 2 fully saturated rings. The van der Waals surface area contributed by atoms with Crippen molar-refractivity contribution in [3.8, 4) is 0 Å². The minimum Gasteiger partial charge on any atom is -0.354 e. The first-order chi connectivity index (χ1) is 12.1. The Morgan fingerprint density at radius 3 is 2.56 bits per heavy atom. The van der Waals surface area contributed by atoms with Gasteiger partial charge in [0.15, 0.2) is 0 Å². The SMILES string of the molecule is CCCN1CCCN(c2ncccc2S(=O)(=O)N2CCCCC2)CC1. The van der Waals surface area contributed by atoms with E-state index in [1.54, 1.807) is 22.6 Å². The van der Waals surface area contributed by atoms with Gasteiger partial charge in [-0.05, 0) is 50.9 Å². The summed E-state index contributed by atoms with van der Waals surface area (Å²) in [6, 6.07) is 3.46. The number of rotatable bonds is 5. The molecule has 0 atom stereocenters. The van der Waals surface area contributed by atoms with E-state index >= 15 is 0 Å². The molecule has 3 heterocycles. The molecule has 25 heavy (non-hydrogen) atoms. The normalized spacial score (nSPS) is 21.2. The molecule has 0 spiro atoms. The van der Waals surface area contributed by atoms with Crippen LogP contribution in [-0.4, -0.2) is 68.4 Å². The fraction of sp³-hybridized carbons (Fsp3) is 0.722. The van der Waals surface area contributed by atoms with Crippen LogP contribution in [0.2, 0.25) is 0 Å². The average Bonchev–Trinajstić information content (AvgIpc) is 2.88.